The van der Waals surface area contributed by atoms with Crippen molar-refractivity contribution in [2.75, 3.05) is 11.9 Å². The second-order valence-corrected chi connectivity index (χ2v) is 5.24. The highest BCUT2D eigenvalue weighted by atomic mass is 35.5. The van der Waals surface area contributed by atoms with Crippen molar-refractivity contribution in [3.63, 3.8) is 0 Å². The van der Waals surface area contributed by atoms with Crippen LogP contribution in [0.25, 0.3) is 10.9 Å². The fraction of sp³-hybridized carbons (Fsp3) is 0.118. The van der Waals surface area contributed by atoms with Crippen LogP contribution in [0.3, 0.4) is 0 Å². The summed E-state index contributed by atoms with van der Waals surface area (Å²) in [7, 11) is 0. The average molecular weight is 309 g/mol. The van der Waals surface area contributed by atoms with Gasteiger partial charge in [0.05, 0.1) is 17.1 Å². The number of anilines is 1. The summed E-state index contributed by atoms with van der Waals surface area (Å²) in [6.45, 7) is 0.701. The number of aromatic nitrogens is 2. The first kappa shape index (κ1) is 14.3. The van der Waals surface area contributed by atoms with Gasteiger partial charge in [-0.15, -0.1) is 0 Å². The van der Waals surface area contributed by atoms with E-state index in [1.165, 1.54) is 6.33 Å². The van der Waals surface area contributed by atoms with Crippen LogP contribution in [0.2, 0.25) is 5.02 Å². The van der Waals surface area contributed by atoms with E-state index in [0.717, 1.165) is 33.7 Å². The number of nitrogens with one attached hydrogen (secondary N) is 1. The lowest BCUT2D eigenvalue weighted by Crippen LogP contribution is -2.07. The third kappa shape index (κ3) is 3.00. The van der Waals surface area contributed by atoms with E-state index in [1.54, 1.807) is 12.1 Å². The Labute approximate surface area is 133 Å². The highest BCUT2D eigenvalue weighted by molar-refractivity contribution is 6.31. The van der Waals surface area contributed by atoms with Gasteiger partial charge in [-0.05, 0) is 36.2 Å². The van der Waals surface area contributed by atoms with Crippen LogP contribution in [-0.4, -0.2) is 16.5 Å². The van der Waals surface area contributed by atoms with Gasteiger partial charge in [0, 0.05) is 17.0 Å². The van der Waals surface area contributed by atoms with Crippen molar-refractivity contribution in [2.45, 2.75) is 6.42 Å². The first-order chi connectivity index (χ1) is 10.8. The third-order valence-electron chi connectivity index (χ3n) is 3.41. The van der Waals surface area contributed by atoms with Gasteiger partial charge in [0.1, 0.15) is 12.1 Å². The second kappa shape index (κ2) is 6.42. The van der Waals surface area contributed by atoms with Crippen molar-refractivity contribution < 1.29 is 0 Å². The summed E-state index contributed by atoms with van der Waals surface area (Å²) in [4.78, 5) is 8.49. The molecule has 2 aromatic carbocycles. The number of hydrogen-bond acceptors (Lipinski definition) is 4. The molecule has 1 aromatic heterocycles. The lowest BCUT2D eigenvalue weighted by atomic mass is 10.1. The van der Waals surface area contributed by atoms with E-state index in [-0.39, 0.29) is 0 Å². The van der Waals surface area contributed by atoms with Gasteiger partial charge in [0.15, 0.2) is 0 Å². The molecule has 3 rings (SSSR count). The quantitative estimate of drug-likeness (QED) is 0.796. The van der Waals surface area contributed by atoms with Crippen molar-refractivity contribution in [1.82, 2.24) is 9.97 Å². The first-order valence-electron chi connectivity index (χ1n) is 6.90. The molecule has 22 heavy (non-hydrogen) atoms. The Hall–Kier alpha value is -2.64. The Bertz CT molecular complexity index is 855. The molecule has 0 saturated heterocycles. The van der Waals surface area contributed by atoms with Crippen molar-refractivity contribution in [2.24, 2.45) is 0 Å². The number of rotatable bonds is 4. The van der Waals surface area contributed by atoms with Crippen LogP contribution in [-0.2, 0) is 6.42 Å². The minimum absolute atomic E-state index is 0.594. The molecule has 0 unspecified atom stereocenters. The summed E-state index contributed by atoms with van der Waals surface area (Å²) in [5.74, 6) is 0.731. The predicted octanol–water partition coefficient (Wildman–Crippen LogP) is 3.81. The number of halogens is 1. The van der Waals surface area contributed by atoms with E-state index in [4.69, 9.17) is 16.9 Å². The average Bonchev–Trinajstić information content (AvgIpc) is 2.56. The molecule has 0 spiro atoms. The summed E-state index contributed by atoms with van der Waals surface area (Å²) in [6, 6.07) is 15.3. The fourth-order valence-electron chi connectivity index (χ4n) is 2.28. The molecule has 1 heterocycles. The zero-order valence-corrected chi connectivity index (χ0v) is 12.5. The molecular formula is C17H13ClN4. The maximum absolute atomic E-state index is 9.02. The normalized spacial score (nSPS) is 10.4. The lowest BCUT2D eigenvalue weighted by molar-refractivity contribution is 1.01. The molecule has 108 valence electrons. The predicted molar refractivity (Wildman–Crippen MR) is 87.9 cm³/mol. The van der Waals surface area contributed by atoms with E-state index in [0.29, 0.717) is 12.1 Å². The van der Waals surface area contributed by atoms with Gasteiger partial charge in [-0.3, -0.25) is 0 Å². The van der Waals surface area contributed by atoms with Gasteiger partial charge in [-0.25, -0.2) is 9.97 Å². The van der Waals surface area contributed by atoms with Crippen LogP contribution in [0.15, 0.2) is 48.8 Å². The standard InChI is InChI=1S/C17H13ClN4/c18-15-4-2-1-3-13(15)7-8-20-17-14-9-12(10-19)5-6-16(14)21-11-22-17/h1-6,9,11H,7-8H2,(H,20,21,22). The van der Waals surface area contributed by atoms with Crippen molar-refractivity contribution in [3.05, 3.63) is 64.9 Å². The molecule has 0 aliphatic carbocycles. The molecule has 0 saturated carbocycles. The van der Waals surface area contributed by atoms with Gasteiger partial charge in [-0.2, -0.15) is 5.26 Å². The molecule has 1 N–H and O–H groups in total. The van der Waals surface area contributed by atoms with Crippen LogP contribution < -0.4 is 5.32 Å². The second-order valence-electron chi connectivity index (χ2n) is 4.83. The molecule has 0 bridgehead atoms. The molecule has 5 heteroatoms. The van der Waals surface area contributed by atoms with Crippen LogP contribution in [0.4, 0.5) is 5.82 Å². The van der Waals surface area contributed by atoms with Crippen molar-refractivity contribution in [3.8, 4) is 6.07 Å². The summed E-state index contributed by atoms with van der Waals surface area (Å²) in [5, 5.41) is 13.9. The van der Waals surface area contributed by atoms with Gasteiger partial charge in [0.2, 0.25) is 0 Å². The summed E-state index contributed by atoms with van der Waals surface area (Å²) in [5.41, 5.74) is 2.50. The Morgan fingerprint density at radius 1 is 1.14 bits per heavy atom. The largest absolute Gasteiger partial charge is 0.369 e. The number of nitriles is 1. The first-order valence-corrected chi connectivity index (χ1v) is 7.28. The minimum Gasteiger partial charge on any atom is -0.369 e. The van der Waals surface area contributed by atoms with E-state index in [9.17, 15) is 0 Å². The minimum atomic E-state index is 0.594. The Morgan fingerprint density at radius 3 is 2.82 bits per heavy atom. The molecule has 0 amide bonds. The number of hydrogen-bond donors (Lipinski definition) is 1. The number of benzene rings is 2. The summed E-state index contributed by atoms with van der Waals surface area (Å²) in [6.07, 6.45) is 2.31. The molecule has 0 fully saturated rings. The Kier molecular flexibility index (Phi) is 4.17. The van der Waals surface area contributed by atoms with E-state index in [2.05, 4.69) is 21.4 Å². The van der Waals surface area contributed by atoms with Gasteiger partial charge in [0.25, 0.3) is 0 Å². The van der Waals surface area contributed by atoms with Crippen LogP contribution in [0, 0.1) is 11.3 Å². The molecule has 0 atom stereocenters. The third-order valence-corrected chi connectivity index (χ3v) is 3.78. The Balaban J connectivity index is 1.79. The molecule has 0 radical (unpaired) electrons. The number of fused-ring (bicyclic) bond motifs is 1. The lowest BCUT2D eigenvalue weighted by Gasteiger charge is -2.09. The topological polar surface area (TPSA) is 61.6 Å². The summed E-state index contributed by atoms with van der Waals surface area (Å²) >= 11 is 6.15. The van der Waals surface area contributed by atoms with E-state index in [1.807, 2.05) is 30.3 Å². The monoisotopic (exact) mass is 308 g/mol. The van der Waals surface area contributed by atoms with Crippen molar-refractivity contribution in [1.29, 1.82) is 5.26 Å². The maximum Gasteiger partial charge on any atom is 0.137 e. The fourth-order valence-corrected chi connectivity index (χ4v) is 2.51. The SMILES string of the molecule is N#Cc1ccc2ncnc(NCCc3ccccc3Cl)c2c1. The molecule has 0 aliphatic heterocycles. The van der Waals surface area contributed by atoms with E-state index < -0.39 is 0 Å². The molecule has 3 aromatic rings. The highest BCUT2D eigenvalue weighted by Gasteiger charge is 2.05. The van der Waals surface area contributed by atoms with Crippen LogP contribution in [0.5, 0.6) is 0 Å². The van der Waals surface area contributed by atoms with Gasteiger partial charge in [-0.1, -0.05) is 29.8 Å². The highest BCUT2D eigenvalue weighted by Crippen LogP contribution is 2.21. The smallest absolute Gasteiger partial charge is 0.137 e. The Morgan fingerprint density at radius 2 is 2.00 bits per heavy atom. The van der Waals surface area contributed by atoms with Crippen molar-refractivity contribution >= 4 is 28.3 Å². The zero-order valence-electron chi connectivity index (χ0n) is 11.8. The molecular weight excluding hydrogens is 296 g/mol. The maximum atomic E-state index is 9.02. The molecule has 4 nitrogen and oxygen atoms in total. The zero-order chi connectivity index (χ0) is 15.4. The summed E-state index contributed by atoms with van der Waals surface area (Å²) < 4.78 is 0. The number of nitrogens with zero attached hydrogens (tertiary/aromatic N) is 3. The van der Waals surface area contributed by atoms with Gasteiger partial charge >= 0.3 is 0 Å². The van der Waals surface area contributed by atoms with Crippen LogP contribution in [0.1, 0.15) is 11.1 Å². The van der Waals surface area contributed by atoms with E-state index >= 15 is 0 Å². The van der Waals surface area contributed by atoms with Gasteiger partial charge < -0.3 is 5.32 Å². The van der Waals surface area contributed by atoms with Crippen LogP contribution >= 0.6 is 11.6 Å². The molecule has 0 aliphatic rings.